The fourth-order valence-corrected chi connectivity index (χ4v) is 9.33. The lowest BCUT2D eigenvalue weighted by molar-refractivity contribution is -0.0167. The van der Waals surface area contributed by atoms with Crippen LogP contribution in [0.25, 0.3) is 16.7 Å². The monoisotopic (exact) mass is 554 g/mol. The van der Waals surface area contributed by atoms with Gasteiger partial charge in [0.1, 0.15) is 23.0 Å². The van der Waals surface area contributed by atoms with Gasteiger partial charge in [0.15, 0.2) is 5.65 Å². The number of halogens is 2. The number of hydrogen-bond donors (Lipinski definition) is 1. The predicted octanol–water partition coefficient (Wildman–Crippen LogP) is 3.90. The minimum absolute atomic E-state index is 0.0172. The molecule has 0 radical (unpaired) electrons. The van der Waals surface area contributed by atoms with Crippen molar-refractivity contribution in [2.45, 2.75) is 50.5 Å². The lowest BCUT2D eigenvalue weighted by atomic mass is 9.53. The fraction of sp³-hybridized carbons (Fsp3) is 0.464. The summed E-state index contributed by atoms with van der Waals surface area (Å²) in [6, 6.07) is 5.85. The van der Waals surface area contributed by atoms with Crippen molar-refractivity contribution in [2.75, 3.05) is 16.6 Å². The Labute approximate surface area is 224 Å². The minimum atomic E-state index is -3.56. The Bertz CT molecular complexity index is 1670. The Hall–Kier alpha value is -3.34. The van der Waals surface area contributed by atoms with Crippen LogP contribution in [0, 0.1) is 29.4 Å². The average Bonchev–Trinajstić information content (AvgIpc) is 3.22. The second-order valence-electron chi connectivity index (χ2n) is 11.8. The Morgan fingerprint density at radius 2 is 1.72 bits per heavy atom. The van der Waals surface area contributed by atoms with Gasteiger partial charge in [-0.1, -0.05) is 0 Å². The highest BCUT2D eigenvalue weighted by atomic mass is 32.2. The van der Waals surface area contributed by atoms with E-state index in [1.54, 1.807) is 0 Å². The van der Waals surface area contributed by atoms with Crippen molar-refractivity contribution in [3.05, 3.63) is 63.9 Å². The molecule has 0 spiro atoms. The zero-order valence-corrected chi connectivity index (χ0v) is 22.0. The molecule has 5 fully saturated rings. The third kappa shape index (κ3) is 4.04. The van der Waals surface area contributed by atoms with Crippen LogP contribution in [0.1, 0.15) is 55.3 Å². The van der Waals surface area contributed by atoms with Gasteiger partial charge in [-0.15, -0.1) is 0 Å². The molecule has 4 saturated carbocycles. The molecule has 8 nitrogen and oxygen atoms in total. The zero-order valence-electron chi connectivity index (χ0n) is 21.2. The Balaban J connectivity index is 1.36. The second-order valence-corrected chi connectivity index (χ2v) is 13.8. The van der Waals surface area contributed by atoms with E-state index in [0.29, 0.717) is 30.2 Å². The molecule has 4 aliphatic carbocycles. The number of benzene rings is 1. The Morgan fingerprint density at radius 3 is 2.33 bits per heavy atom. The van der Waals surface area contributed by atoms with Crippen LogP contribution >= 0.6 is 0 Å². The van der Waals surface area contributed by atoms with E-state index in [9.17, 15) is 22.4 Å². The first kappa shape index (κ1) is 24.7. The van der Waals surface area contributed by atoms with E-state index in [1.807, 2.05) is 0 Å². The quantitative estimate of drug-likeness (QED) is 0.527. The second kappa shape index (κ2) is 8.58. The minimum Gasteiger partial charge on any atom is -0.346 e. The van der Waals surface area contributed by atoms with E-state index in [0.717, 1.165) is 29.6 Å². The summed E-state index contributed by atoms with van der Waals surface area (Å²) in [5.74, 6) is -0.373. The number of sulfonamides is 1. The Morgan fingerprint density at radius 1 is 1.03 bits per heavy atom. The van der Waals surface area contributed by atoms with Crippen LogP contribution in [-0.4, -0.2) is 41.7 Å². The highest BCUT2D eigenvalue weighted by Gasteiger charge is 2.51. The van der Waals surface area contributed by atoms with Crippen molar-refractivity contribution < 1.29 is 22.0 Å². The number of carbonyl (C=O) groups is 1. The number of fused-ring (bicyclic) bond motifs is 1. The summed E-state index contributed by atoms with van der Waals surface area (Å²) < 4.78 is 56.2. The van der Waals surface area contributed by atoms with E-state index >= 15 is 4.39 Å². The Kier molecular flexibility index (Phi) is 5.43. The summed E-state index contributed by atoms with van der Waals surface area (Å²) in [6.07, 6.45) is 7.96. The molecule has 0 atom stereocenters. The molecule has 4 bridgehead atoms. The van der Waals surface area contributed by atoms with Crippen molar-refractivity contribution in [1.29, 1.82) is 0 Å². The van der Waals surface area contributed by atoms with Crippen molar-refractivity contribution in [3.63, 3.8) is 0 Å². The first-order valence-corrected chi connectivity index (χ1v) is 15.1. The van der Waals surface area contributed by atoms with Crippen LogP contribution < -0.4 is 15.1 Å². The molecule has 8 rings (SSSR count). The van der Waals surface area contributed by atoms with Gasteiger partial charge in [0, 0.05) is 24.3 Å². The molecule has 5 aliphatic rings. The number of nitrogens with zero attached hydrogens (tertiary/aromatic N) is 3. The summed E-state index contributed by atoms with van der Waals surface area (Å²) in [7, 11) is -3.56. The lowest BCUT2D eigenvalue weighted by Crippen LogP contribution is -2.60. The predicted molar refractivity (Wildman–Crippen MR) is 141 cm³/mol. The molecule has 2 aromatic heterocycles. The first-order valence-electron chi connectivity index (χ1n) is 13.5. The fourth-order valence-electron chi connectivity index (χ4n) is 7.82. The van der Waals surface area contributed by atoms with Crippen LogP contribution in [0.4, 0.5) is 14.6 Å². The van der Waals surface area contributed by atoms with Gasteiger partial charge in [-0.2, -0.15) is 0 Å². The largest absolute Gasteiger partial charge is 0.346 e. The van der Waals surface area contributed by atoms with Gasteiger partial charge in [0.25, 0.3) is 5.91 Å². The molecule has 39 heavy (non-hydrogen) atoms. The van der Waals surface area contributed by atoms with Crippen LogP contribution in [0.5, 0.6) is 0 Å². The molecule has 204 valence electrons. The highest BCUT2D eigenvalue weighted by Crippen LogP contribution is 2.55. The van der Waals surface area contributed by atoms with Crippen molar-refractivity contribution in [2.24, 2.45) is 17.8 Å². The molecule has 3 aromatic rings. The highest BCUT2D eigenvalue weighted by molar-refractivity contribution is 7.93. The van der Waals surface area contributed by atoms with Crippen LogP contribution in [0.3, 0.4) is 0 Å². The molecular weight excluding hydrogens is 526 g/mol. The van der Waals surface area contributed by atoms with E-state index in [1.165, 1.54) is 48.2 Å². The molecule has 1 saturated heterocycles. The van der Waals surface area contributed by atoms with Gasteiger partial charge in [-0.3, -0.25) is 18.5 Å². The maximum absolute atomic E-state index is 15.0. The summed E-state index contributed by atoms with van der Waals surface area (Å²) in [5.41, 5.74) is -1.21. The number of carbonyl (C=O) groups excluding carboxylic acids is 1. The van der Waals surface area contributed by atoms with Gasteiger partial charge >= 0.3 is 0 Å². The van der Waals surface area contributed by atoms with E-state index < -0.39 is 33.0 Å². The molecule has 3 heterocycles. The van der Waals surface area contributed by atoms with E-state index in [4.69, 9.17) is 0 Å². The van der Waals surface area contributed by atoms with Crippen molar-refractivity contribution in [1.82, 2.24) is 14.9 Å². The summed E-state index contributed by atoms with van der Waals surface area (Å²) >= 11 is 0. The summed E-state index contributed by atoms with van der Waals surface area (Å²) in [5, 5.41) is 3.24. The van der Waals surface area contributed by atoms with Crippen molar-refractivity contribution in [3.8, 4) is 5.69 Å². The van der Waals surface area contributed by atoms with Crippen LogP contribution in [0.2, 0.25) is 0 Å². The van der Waals surface area contributed by atoms with Crippen LogP contribution in [-0.2, 0) is 10.0 Å². The van der Waals surface area contributed by atoms with Gasteiger partial charge in [0.05, 0.1) is 16.8 Å². The molecule has 11 heteroatoms. The standard InChI is InChI=1S/C28H28F2N4O4S/c29-19-2-4-23(22(30)11-19)33-15-21(27(36)32-28-12-16-8-17(13-28)10-18(9-16)14-28)25(35)20-3-5-24(31-26(20)33)34-6-1-7-39(34,37)38/h2-5,11,15-18H,1,6-10,12-14H2,(H,32,36). The van der Waals surface area contributed by atoms with Gasteiger partial charge in [-0.25, -0.2) is 22.2 Å². The first-order chi connectivity index (χ1) is 18.6. The zero-order chi connectivity index (χ0) is 27.1. The molecule has 1 aromatic carbocycles. The number of aromatic nitrogens is 2. The third-order valence-electron chi connectivity index (χ3n) is 9.02. The molecule has 1 N–H and O–H groups in total. The number of amides is 1. The number of anilines is 1. The number of pyridine rings is 2. The maximum atomic E-state index is 15.0. The van der Waals surface area contributed by atoms with Crippen molar-refractivity contribution >= 4 is 32.8 Å². The van der Waals surface area contributed by atoms with E-state index in [-0.39, 0.29) is 45.9 Å². The van der Waals surface area contributed by atoms with Gasteiger partial charge < -0.3 is 5.32 Å². The topological polar surface area (TPSA) is 101 Å². The van der Waals surface area contributed by atoms with Crippen LogP contribution in [0.15, 0.2) is 41.3 Å². The smallest absolute Gasteiger partial charge is 0.257 e. The number of hydrogen-bond acceptors (Lipinski definition) is 5. The summed E-state index contributed by atoms with van der Waals surface area (Å²) in [6.45, 7) is 0.238. The lowest BCUT2D eigenvalue weighted by Gasteiger charge is -2.56. The van der Waals surface area contributed by atoms with Gasteiger partial charge in [-0.05, 0) is 87.0 Å². The normalized spacial score (nSPS) is 28.8. The molecule has 1 aliphatic heterocycles. The SMILES string of the molecule is O=C(NC12CC3CC(CC(C3)C1)C2)c1cn(-c2ccc(F)cc2F)c2nc(N3CCCS3(=O)=O)ccc2c1=O. The molecule has 0 unspecified atom stereocenters. The number of nitrogens with one attached hydrogen (secondary N) is 1. The maximum Gasteiger partial charge on any atom is 0.257 e. The van der Waals surface area contributed by atoms with E-state index in [2.05, 4.69) is 10.3 Å². The summed E-state index contributed by atoms with van der Waals surface area (Å²) in [4.78, 5) is 31.8. The average molecular weight is 555 g/mol. The molecular formula is C28H28F2N4O4S. The molecule has 1 amide bonds. The number of rotatable bonds is 4. The third-order valence-corrected chi connectivity index (χ3v) is 10.9. The van der Waals surface area contributed by atoms with Gasteiger partial charge in [0.2, 0.25) is 15.5 Å².